The van der Waals surface area contributed by atoms with E-state index in [0.29, 0.717) is 58.9 Å². The molecule has 9 nitrogen and oxygen atoms in total. The molecule has 3 N–H and O–H groups in total. The molecule has 0 spiro atoms. The lowest BCUT2D eigenvalue weighted by molar-refractivity contribution is 0.327. The first-order valence-electron chi connectivity index (χ1n) is 11.5. The number of methoxy groups -OCH3 is 3. The number of benzene rings is 2. The van der Waals surface area contributed by atoms with E-state index in [9.17, 15) is 4.79 Å². The molecule has 1 saturated carbocycles. The second-order valence-corrected chi connectivity index (χ2v) is 8.71. The van der Waals surface area contributed by atoms with Crippen molar-refractivity contribution in [1.29, 1.82) is 5.41 Å². The van der Waals surface area contributed by atoms with Crippen LogP contribution in [-0.4, -0.2) is 43.7 Å². The number of amidine groups is 1. The largest absolute Gasteiger partial charge is 0.493 e. The number of hydrogen-bond donors (Lipinski definition) is 3. The van der Waals surface area contributed by atoms with Crippen molar-refractivity contribution in [3.05, 3.63) is 45.7 Å². The number of ether oxygens (including phenoxy) is 3. The number of nitrogens with zero attached hydrogens (tertiary/aromatic N) is 2. The Bertz CT molecular complexity index is 1310. The lowest BCUT2D eigenvalue weighted by Crippen LogP contribution is -2.34. The van der Waals surface area contributed by atoms with E-state index in [2.05, 4.69) is 26.3 Å². The number of hydrogen-bond acceptors (Lipinski definition) is 7. The molecule has 2 aliphatic rings. The molecule has 2 aromatic carbocycles. The molecule has 0 amide bonds. The smallest absolute Gasteiger partial charge is 0.286 e. The Balaban J connectivity index is 1.47. The lowest BCUT2D eigenvalue weighted by atomic mass is 9.84. The predicted molar refractivity (Wildman–Crippen MR) is 132 cm³/mol. The molecule has 5 rings (SSSR count). The fraction of sp³-hybridized carbons (Fsp3) is 0.400. The van der Waals surface area contributed by atoms with Gasteiger partial charge in [-0.15, -0.1) is 0 Å². The van der Waals surface area contributed by atoms with Gasteiger partial charge in [0.25, 0.3) is 5.56 Å². The van der Waals surface area contributed by atoms with Crippen molar-refractivity contribution in [2.45, 2.75) is 32.2 Å². The Morgan fingerprint density at radius 1 is 1.18 bits per heavy atom. The van der Waals surface area contributed by atoms with Crippen LogP contribution in [0.4, 0.5) is 11.6 Å². The highest BCUT2D eigenvalue weighted by atomic mass is 16.5. The van der Waals surface area contributed by atoms with Crippen LogP contribution in [0.3, 0.4) is 0 Å². The molecule has 0 unspecified atom stereocenters. The topological polar surface area (TPSA) is 113 Å². The molecule has 1 aliphatic carbocycles. The van der Waals surface area contributed by atoms with Gasteiger partial charge < -0.3 is 29.4 Å². The van der Waals surface area contributed by atoms with E-state index in [1.165, 1.54) is 26.2 Å². The average molecular weight is 464 g/mol. The predicted octanol–water partition coefficient (Wildman–Crippen LogP) is 3.70. The molecule has 0 saturated heterocycles. The molecule has 0 radical (unpaired) electrons. The molecule has 3 aromatic rings. The molecule has 0 atom stereocenters. The third-order valence-corrected chi connectivity index (χ3v) is 6.85. The van der Waals surface area contributed by atoms with Gasteiger partial charge in [0.05, 0.1) is 26.8 Å². The van der Waals surface area contributed by atoms with E-state index >= 15 is 0 Å². The SMILES string of the molecule is COc1cc2[nH]c(N3CCc4c(cccc4NC(=N)C4CCC4)C3)nc(=O)c2c(OC)c1OC. The molecular weight excluding hydrogens is 434 g/mol. The van der Waals surface area contributed by atoms with Crippen LogP contribution in [0.2, 0.25) is 0 Å². The van der Waals surface area contributed by atoms with Gasteiger partial charge in [-0.05, 0) is 36.5 Å². The molecule has 9 heteroatoms. The first-order chi connectivity index (χ1) is 16.5. The van der Waals surface area contributed by atoms with Crippen molar-refractivity contribution in [2.75, 3.05) is 38.1 Å². The summed E-state index contributed by atoms with van der Waals surface area (Å²) in [4.78, 5) is 22.7. The Hall–Kier alpha value is -3.75. The zero-order valence-electron chi connectivity index (χ0n) is 19.7. The van der Waals surface area contributed by atoms with Crippen LogP contribution in [-0.2, 0) is 13.0 Å². The van der Waals surface area contributed by atoms with Crippen LogP contribution in [0.1, 0.15) is 30.4 Å². The van der Waals surface area contributed by atoms with Crippen molar-refractivity contribution in [2.24, 2.45) is 5.92 Å². The molecule has 1 aromatic heterocycles. The van der Waals surface area contributed by atoms with Crippen molar-refractivity contribution < 1.29 is 14.2 Å². The van der Waals surface area contributed by atoms with Gasteiger partial charge in [0.15, 0.2) is 11.5 Å². The van der Waals surface area contributed by atoms with Gasteiger partial charge in [0, 0.05) is 30.8 Å². The number of nitrogens with one attached hydrogen (secondary N) is 3. The highest BCUT2D eigenvalue weighted by Crippen LogP contribution is 2.41. The number of rotatable bonds is 6. The second-order valence-electron chi connectivity index (χ2n) is 8.71. The summed E-state index contributed by atoms with van der Waals surface area (Å²) < 4.78 is 16.3. The Morgan fingerprint density at radius 2 is 1.97 bits per heavy atom. The summed E-state index contributed by atoms with van der Waals surface area (Å²) in [5.41, 5.74) is 3.57. The number of aromatic nitrogens is 2. The van der Waals surface area contributed by atoms with Crippen LogP contribution < -0.4 is 30.0 Å². The third-order valence-electron chi connectivity index (χ3n) is 6.85. The molecule has 0 bridgehead atoms. The number of aromatic amines is 1. The maximum absolute atomic E-state index is 13.0. The van der Waals surface area contributed by atoms with Crippen LogP contribution in [0.5, 0.6) is 17.2 Å². The fourth-order valence-corrected chi connectivity index (χ4v) is 4.77. The maximum atomic E-state index is 13.0. The Morgan fingerprint density at radius 3 is 2.65 bits per heavy atom. The zero-order chi connectivity index (χ0) is 23.8. The van der Waals surface area contributed by atoms with Crippen LogP contribution >= 0.6 is 0 Å². The van der Waals surface area contributed by atoms with Gasteiger partial charge >= 0.3 is 0 Å². The zero-order valence-corrected chi connectivity index (χ0v) is 19.7. The van der Waals surface area contributed by atoms with E-state index in [1.54, 1.807) is 13.2 Å². The minimum Gasteiger partial charge on any atom is -0.493 e. The van der Waals surface area contributed by atoms with Gasteiger partial charge in [0.1, 0.15) is 11.2 Å². The summed E-state index contributed by atoms with van der Waals surface area (Å²) in [5.74, 6) is 2.59. The molecule has 1 aliphatic heterocycles. The fourth-order valence-electron chi connectivity index (χ4n) is 4.77. The van der Waals surface area contributed by atoms with Gasteiger partial charge in [-0.1, -0.05) is 18.6 Å². The molecule has 2 heterocycles. The molecule has 1 fully saturated rings. The summed E-state index contributed by atoms with van der Waals surface area (Å²) in [6.07, 6.45) is 4.18. The second kappa shape index (κ2) is 8.89. The van der Waals surface area contributed by atoms with E-state index in [4.69, 9.17) is 19.6 Å². The van der Waals surface area contributed by atoms with E-state index < -0.39 is 5.56 Å². The summed E-state index contributed by atoms with van der Waals surface area (Å²) in [6, 6.07) is 7.88. The highest BCUT2D eigenvalue weighted by molar-refractivity contribution is 5.96. The van der Waals surface area contributed by atoms with Gasteiger partial charge in [-0.25, -0.2) is 0 Å². The Kier molecular flexibility index (Phi) is 5.77. The van der Waals surface area contributed by atoms with E-state index in [1.807, 2.05) is 12.1 Å². The minimum absolute atomic E-state index is 0.297. The van der Waals surface area contributed by atoms with Crippen molar-refractivity contribution in [1.82, 2.24) is 9.97 Å². The monoisotopic (exact) mass is 463 g/mol. The summed E-state index contributed by atoms with van der Waals surface area (Å²) in [5, 5.41) is 12.0. The summed E-state index contributed by atoms with van der Waals surface area (Å²) in [6.45, 7) is 1.31. The maximum Gasteiger partial charge on any atom is 0.286 e. The van der Waals surface area contributed by atoms with Gasteiger partial charge in [0.2, 0.25) is 11.7 Å². The average Bonchev–Trinajstić information content (AvgIpc) is 2.81. The molecule has 34 heavy (non-hydrogen) atoms. The highest BCUT2D eigenvalue weighted by Gasteiger charge is 2.26. The van der Waals surface area contributed by atoms with E-state index in [0.717, 1.165) is 30.5 Å². The lowest BCUT2D eigenvalue weighted by Gasteiger charge is -2.32. The molecular formula is C25H29N5O4. The quantitative estimate of drug-likeness (QED) is 0.377. The summed E-state index contributed by atoms with van der Waals surface area (Å²) >= 11 is 0. The van der Waals surface area contributed by atoms with Crippen molar-refractivity contribution >= 4 is 28.4 Å². The minimum atomic E-state index is -0.392. The molecule has 178 valence electrons. The van der Waals surface area contributed by atoms with Crippen LogP contribution in [0, 0.1) is 11.3 Å². The Labute approximate surface area is 197 Å². The standard InChI is InChI=1S/C25H29N5O4/c1-32-19-12-18-20(22(34-3)21(19)33-2)24(31)29-25(28-18)30-11-10-16-15(13-30)8-5-9-17(16)27-23(26)14-6-4-7-14/h5,8-9,12,14H,4,6-7,10-11,13H2,1-3H3,(H2,26,27)(H,28,29,31). The summed E-state index contributed by atoms with van der Waals surface area (Å²) in [7, 11) is 4.53. The number of anilines is 2. The number of H-pyrrole nitrogens is 1. The number of fused-ring (bicyclic) bond motifs is 2. The first-order valence-corrected chi connectivity index (χ1v) is 11.5. The first kappa shape index (κ1) is 22.1. The van der Waals surface area contributed by atoms with Gasteiger partial charge in [-0.3, -0.25) is 10.2 Å². The van der Waals surface area contributed by atoms with Crippen LogP contribution in [0.25, 0.3) is 10.9 Å². The van der Waals surface area contributed by atoms with Crippen LogP contribution in [0.15, 0.2) is 29.1 Å². The van der Waals surface area contributed by atoms with Crippen molar-refractivity contribution in [3.63, 3.8) is 0 Å². The van der Waals surface area contributed by atoms with Gasteiger partial charge in [-0.2, -0.15) is 4.98 Å². The third kappa shape index (κ3) is 3.70. The normalized spacial score (nSPS) is 15.4. The van der Waals surface area contributed by atoms with E-state index in [-0.39, 0.29) is 0 Å². The van der Waals surface area contributed by atoms with Crippen molar-refractivity contribution in [3.8, 4) is 17.2 Å².